The van der Waals surface area contributed by atoms with Gasteiger partial charge in [-0.05, 0) is 19.1 Å². The molecule has 4 nitrogen and oxygen atoms in total. The van der Waals surface area contributed by atoms with Crippen molar-refractivity contribution in [3.05, 3.63) is 36.7 Å². The molecule has 1 aromatic carbocycles. The van der Waals surface area contributed by atoms with Crippen molar-refractivity contribution < 1.29 is 4.74 Å². The monoisotopic (exact) mass is 261 g/mol. The van der Waals surface area contributed by atoms with E-state index in [1.807, 2.05) is 37.3 Å². The van der Waals surface area contributed by atoms with Gasteiger partial charge in [0, 0.05) is 11.4 Å². The molecule has 0 saturated heterocycles. The standard InChI is InChI=1S/C13H15N3OS/c1-3-14-12-11(17-2)13(16-9-15-12)18-10-7-5-4-6-8-10/h4-9H,3H2,1-2H3,(H,14,15,16). The van der Waals surface area contributed by atoms with Crippen molar-refractivity contribution in [2.45, 2.75) is 16.8 Å². The van der Waals surface area contributed by atoms with Crippen molar-refractivity contribution in [2.75, 3.05) is 19.0 Å². The molecule has 1 heterocycles. The lowest BCUT2D eigenvalue weighted by molar-refractivity contribution is 0.400. The zero-order valence-electron chi connectivity index (χ0n) is 10.4. The number of rotatable bonds is 5. The molecule has 5 heteroatoms. The molecule has 0 bridgehead atoms. The maximum atomic E-state index is 5.39. The van der Waals surface area contributed by atoms with Gasteiger partial charge in [0.2, 0.25) is 0 Å². The van der Waals surface area contributed by atoms with E-state index in [9.17, 15) is 0 Å². The van der Waals surface area contributed by atoms with Crippen molar-refractivity contribution in [1.82, 2.24) is 9.97 Å². The Labute approximate surface area is 111 Å². The molecule has 2 rings (SSSR count). The van der Waals surface area contributed by atoms with E-state index in [-0.39, 0.29) is 0 Å². The second-order valence-corrected chi connectivity index (χ2v) is 4.57. The summed E-state index contributed by atoms with van der Waals surface area (Å²) in [5.74, 6) is 1.42. The second kappa shape index (κ2) is 6.26. The molecule has 0 radical (unpaired) electrons. The third-order valence-electron chi connectivity index (χ3n) is 2.28. The molecule has 0 fully saturated rings. The van der Waals surface area contributed by atoms with Crippen molar-refractivity contribution in [2.24, 2.45) is 0 Å². The van der Waals surface area contributed by atoms with E-state index < -0.39 is 0 Å². The van der Waals surface area contributed by atoms with E-state index in [1.54, 1.807) is 25.2 Å². The number of anilines is 1. The lowest BCUT2D eigenvalue weighted by Crippen LogP contribution is -2.03. The molecule has 0 unspecified atom stereocenters. The summed E-state index contributed by atoms with van der Waals surface area (Å²) < 4.78 is 5.39. The van der Waals surface area contributed by atoms with E-state index >= 15 is 0 Å². The van der Waals surface area contributed by atoms with Crippen molar-refractivity contribution >= 4 is 17.6 Å². The second-order valence-electron chi connectivity index (χ2n) is 3.51. The van der Waals surface area contributed by atoms with Crippen LogP contribution in [0.25, 0.3) is 0 Å². The first-order chi connectivity index (χ1) is 8.85. The molecule has 0 aliphatic carbocycles. The molecular weight excluding hydrogens is 246 g/mol. The van der Waals surface area contributed by atoms with E-state index in [1.165, 1.54) is 0 Å². The average molecular weight is 261 g/mol. The van der Waals surface area contributed by atoms with Gasteiger partial charge in [-0.1, -0.05) is 30.0 Å². The number of hydrogen-bond acceptors (Lipinski definition) is 5. The Hall–Kier alpha value is -1.75. The summed E-state index contributed by atoms with van der Waals surface area (Å²) in [6.07, 6.45) is 1.55. The Kier molecular flexibility index (Phi) is 4.41. The Balaban J connectivity index is 2.30. The Morgan fingerprint density at radius 2 is 2.00 bits per heavy atom. The maximum absolute atomic E-state index is 5.39. The molecule has 1 aromatic heterocycles. The fourth-order valence-electron chi connectivity index (χ4n) is 1.51. The first-order valence-electron chi connectivity index (χ1n) is 5.71. The molecule has 0 aliphatic rings. The topological polar surface area (TPSA) is 47.0 Å². The van der Waals surface area contributed by atoms with Crippen LogP contribution >= 0.6 is 11.8 Å². The molecule has 2 aromatic rings. The minimum atomic E-state index is 0.688. The number of methoxy groups -OCH3 is 1. The van der Waals surface area contributed by atoms with Crippen molar-refractivity contribution in [3.63, 3.8) is 0 Å². The van der Waals surface area contributed by atoms with Gasteiger partial charge in [0.25, 0.3) is 0 Å². The molecule has 94 valence electrons. The van der Waals surface area contributed by atoms with Gasteiger partial charge in [-0.25, -0.2) is 9.97 Å². The molecule has 0 spiro atoms. The summed E-state index contributed by atoms with van der Waals surface area (Å²) in [7, 11) is 1.63. The van der Waals surface area contributed by atoms with Crippen LogP contribution in [-0.4, -0.2) is 23.6 Å². The van der Waals surface area contributed by atoms with Crippen LogP contribution < -0.4 is 10.1 Å². The lowest BCUT2D eigenvalue weighted by atomic mass is 10.4. The third kappa shape index (κ3) is 2.92. The van der Waals surface area contributed by atoms with Crippen LogP contribution in [-0.2, 0) is 0 Å². The highest BCUT2D eigenvalue weighted by Crippen LogP contribution is 2.36. The molecule has 0 aliphatic heterocycles. The van der Waals surface area contributed by atoms with Crippen LogP contribution in [0.4, 0.5) is 5.82 Å². The molecule has 18 heavy (non-hydrogen) atoms. The van der Waals surface area contributed by atoms with Crippen molar-refractivity contribution in [1.29, 1.82) is 0 Å². The summed E-state index contributed by atoms with van der Waals surface area (Å²) in [6, 6.07) is 10.1. The van der Waals surface area contributed by atoms with Crippen LogP contribution in [0.15, 0.2) is 46.6 Å². The predicted molar refractivity (Wildman–Crippen MR) is 73.3 cm³/mol. The number of benzene rings is 1. The smallest absolute Gasteiger partial charge is 0.194 e. The lowest BCUT2D eigenvalue weighted by Gasteiger charge is -2.11. The Morgan fingerprint density at radius 3 is 2.67 bits per heavy atom. The number of nitrogens with zero attached hydrogens (tertiary/aromatic N) is 2. The van der Waals surface area contributed by atoms with Crippen molar-refractivity contribution in [3.8, 4) is 5.75 Å². The van der Waals surface area contributed by atoms with Gasteiger partial charge in [0.05, 0.1) is 7.11 Å². The van der Waals surface area contributed by atoms with E-state index in [0.717, 1.165) is 22.3 Å². The Morgan fingerprint density at radius 1 is 1.22 bits per heavy atom. The van der Waals surface area contributed by atoms with Crippen LogP contribution in [0.5, 0.6) is 5.75 Å². The SMILES string of the molecule is CCNc1ncnc(Sc2ccccc2)c1OC. The molecule has 1 N–H and O–H groups in total. The summed E-state index contributed by atoms with van der Waals surface area (Å²) >= 11 is 1.56. The van der Waals surface area contributed by atoms with Crippen LogP contribution in [0.3, 0.4) is 0 Å². The third-order valence-corrected chi connectivity index (χ3v) is 3.27. The summed E-state index contributed by atoms with van der Waals surface area (Å²) in [6.45, 7) is 2.81. The minimum Gasteiger partial charge on any atom is -0.490 e. The van der Waals surface area contributed by atoms with E-state index in [2.05, 4.69) is 15.3 Å². The van der Waals surface area contributed by atoms with Gasteiger partial charge in [0.15, 0.2) is 11.6 Å². The zero-order valence-corrected chi connectivity index (χ0v) is 11.2. The van der Waals surface area contributed by atoms with Gasteiger partial charge in [-0.3, -0.25) is 0 Å². The minimum absolute atomic E-state index is 0.688. The quantitative estimate of drug-likeness (QED) is 0.838. The molecule has 0 amide bonds. The van der Waals surface area contributed by atoms with Crippen LogP contribution in [0.2, 0.25) is 0 Å². The Bertz CT molecular complexity index is 505. The van der Waals surface area contributed by atoms with Gasteiger partial charge in [-0.2, -0.15) is 0 Å². The highest BCUT2D eigenvalue weighted by atomic mass is 32.2. The molecule has 0 atom stereocenters. The predicted octanol–water partition coefficient (Wildman–Crippen LogP) is 3.07. The summed E-state index contributed by atoms with van der Waals surface area (Å²) in [4.78, 5) is 9.58. The van der Waals surface area contributed by atoms with E-state index in [0.29, 0.717) is 5.75 Å². The fraction of sp³-hybridized carbons (Fsp3) is 0.231. The molecule has 0 saturated carbocycles. The van der Waals surface area contributed by atoms with E-state index in [4.69, 9.17) is 4.74 Å². The summed E-state index contributed by atoms with van der Waals surface area (Å²) in [5, 5.41) is 3.98. The largest absolute Gasteiger partial charge is 0.490 e. The summed E-state index contributed by atoms with van der Waals surface area (Å²) in [5.41, 5.74) is 0. The molecular formula is C13H15N3OS. The first kappa shape index (κ1) is 12.7. The highest BCUT2D eigenvalue weighted by Gasteiger charge is 2.12. The highest BCUT2D eigenvalue weighted by molar-refractivity contribution is 7.99. The van der Waals surface area contributed by atoms with Gasteiger partial charge in [0.1, 0.15) is 11.4 Å². The van der Waals surface area contributed by atoms with Crippen LogP contribution in [0, 0.1) is 0 Å². The zero-order chi connectivity index (χ0) is 12.8. The maximum Gasteiger partial charge on any atom is 0.194 e. The van der Waals surface area contributed by atoms with Gasteiger partial charge in [-0.15, -0.1) is 0 Å². The normalized spacial score (nSPS) is 10.1. The fourth-order valence-corrected chi connectivity index (χ4v) is 2.40. The number of nitrogens with one attached hydrogen (secondary N) is 1. The van der Waals surface area contributed by atoms with Gasteiger partial charge < -0.3 is 10.1 Å². The number of ether oxygens (including phenoxy) is 1. The van der Waals surface area contributed by atoms with Crippen LogP contribution in [0.1, 0.15) is 6.92 Å². The van der Waals surface area contributed by atoms with Gasteiger partial charge >= 0.3 is 0 Å². The number of aromatic nitrogens is 2. The average Bonchev–Trinajstić information content (AvgIpc) is 2.41. The first-order valence-corrected chi connectivity index (χ1v) is 6.52. The number of hydrogen-bond donors (Lipinski definition) is 1.